The van der Waals surface area contributed by atoms with Gasteiger partial charge in [-0.05, 0) is 38.1 Å². The molecular weight excluding hydrogens is 290 g/mol. The van der Waals surface area contributed by atoms with E-state index >= 15 is 0 Å². The Morgan fingerprint density at radius 2 is 1.91 bits per heavy atom. The van der Waals surface area contributed by atoms with Gasteiger partial charge in [0.2, 0.25) is 5.91 Å². The average molecular weight is 311 g/mol. The highest BCUT2D eigenvalue weighted by atomic mass is 16.3. The summed E-state index contributed by atoms with van der Waals surface area (Å²) in [6.07, 6.45) is 1.62. The second kappa shape index (κ2) is 7.01. The molecule has 0 unspecified atom stereocenters. The van der Waals surface area contributed by atoms with Crippen molar-refractivity contribution >= 4 is 11.6 Å². The molecule has 0 saturated carbocycles. The number of rotatable bonds is 6. The molecule has 5 nitrogen and oxygen atoms in total. The third kappa shape index (κ3) is 4.13. The van der Waals surface area contributed by atoms with E-state index in [1.165, 1.54) is 4.90 Å². The molecule has 5 heteroatoms. The van der Waals surface area contributed by atoms with E-state index in [1.54, 1.807) is 27.2 Å². The molecule has 1 heterocycles. The van der Waals surface area contributed by atoms with Crippen LogP contribution >= 0.6 is 0 Å². The summed E-state index contributed by atoms with van der Waals surface area (Å²) in [6.45, 7) is 4.12. The lowest BCUT2D eigenvalue weighted by atomic mass is 10.1. The van der Waals surface area contributed by atoms with Gasteiger partial charge < -0.3 is 14.2 Å². The Labute approximate surface area is 136 Å². The number of furan rings is 1. The Bertz CT molecular complexity index is 672. The van der Waals surface area contributed by atoms with Gasteiger partial charge in [-0.1, -0.05) is 18.2 Å². The van der Waals surface area contributed by atoms with Crippen molar-refractivity contribution in [2.75, 3.05) is 18.5 Å². The predicted molar refractivity (Wildman–Crippen MR) is 88.7 cm³/mol. The zero-order valence-electron chi connectivity index (χ0n) is 13.7. The first-order chi connectivity index (χ1) is 10.9. The Hall–Kier alpha value is -2.74. The second-order valence-corrected chi connectivity index (χ2v) is 5.89. The van der Waals surface area contributed by atoms with Crippen LogP contribution in [0.5, 0.6) is 0 Å². The van der Waals surface area contributed by atoms with Crippen molar-refractivity contribution in [3.8, 4) is 6.07 Å². The van der Waals surface area contributed by atoms with Crippen LogP contribution in [0, 0.1) is 11.3 Å². The summed E-state index contributed by atoms with van der Waals surface area (Å²) in [5.41, 5.74) is 0.0878. The van der Waals surface area contributed by atoms with Gasteiger partial charge in [0.05, 0.1) is 25.4 Å². The first-order valence-corrected chi connectivity index (χ1v) is 7.44. The molecular formula is C18H21N3O2. The number of nitriles is 1. The van der Waals surface area contributed by atoms with Crippen LogP contribution < -0.4 is 4.90 Å². The zero-order chi connectivity index (χ0) is 16.9. The van der Waals surface area contributed by atoms with Gasteiger partial charge in [0.25, 0.3) is 0 Å². The largest absolute Gasteiger partial charge is 0.467 e. The molecule has 0 radical (unpaired) electrons. The quantitative estimate of drug-likeness (QED) is 0.822. The first-order valence-electron chi connectivity index (χ1n) is 7.44. The Kier molecular flexibility index (Phi) is 5.07. The summed E-state index contributed by atoms with van der Waals surface area (Å²) in [5, 5.41) is 9.20. The van der Waals surface area contributed by atoms with Gasteiger partial charge in [-0.25, -0.2) is 0 Å². The first kappa shape index (κ1) is 16.6. The number of amides is 1. The van der Waals surface area contributed by atoms with Crippen molar-refractivity contribution in [3.63, 3.8) is 0 Å². The molecule has 0 spiro atoms. The lowest BCUT2D eigenvalue weighted by molar-refractivity contribution is -0.131. The van der Waals surface area contributed by atoms with E-state index in [0.29, 0.717) is 6.54 Å². The van der Waals surface area contributed by atoms with Crippen LogP contribution in [0.1, 0.15) is 19.6 Å². The second-order valence-electron chi connectivity index (χ2n) is 5.89. The van der Waals surface area contributed by atoms with Crippen molar-refractivity contribution in [2.24, 2.45) is 0 Å². The Balaban J connectivity index is 2.18. The molecule has 0 aliphatic rings. The topological polar surface area (TPSA) is 60.5 Å². The van der Waals surface area contributed by atoms with E-state index < -0.39 is 5.54 Å². The fraction of sp³-hybridized carbons (Fsp3) is 0.333. The number of anilines is 1. The van der Waals surface area contributed by atoms with E-state index in [1.807, 2.05) is 47.4 Å². The summed E-state index contributed by atoms with van der Waals surface area (Å²) in [4.78, 5) is 16.0. The number of benzene rings is 1. The molecule has 0 saturated heterocycles. The highest BCUT2D eigenvalue weighted by Gasteiger charge is 2.28. The van der Waals surface area contributed by atoms with E-state index in [-0.39, 0.29) is 12.5 Å². The van der Waals surface area contributed by atoms with Gasteiger partial charge in [-0.3, -0.25) is 4.79 Å². The van der Waals surface area contributed by atoms with E-state index in [9.17, 15) is 10.1 Å². The van der Waals surface area contributed by atoms with Crippen LogP contribution in [0.4, 0.5) is 5.69 Å². The zero-order valence-corrected chi connectivity index (χ0v) is 13.7. The number of carbonyl (C=O) groups excluding carboxylic acids is 1. The van der Waals surface area contributed by atoms with Crippen LogP contribution in [0.15, 0.2) is 53.1 Å². The molecule has 2 aromatic rings. The number of likely N-dealkylation sites (N-methyl/N-ethyl adjacent to an activating group) is 1. The standard InChI is InChI=1S/C18H21N3O2/c1-18(2,14-19)20(3)17(22)13-21(12-16-10-7-11-23-16)15-8-5-4-6-9-15/h4-11H,12-13H2,1-3H3. The van der Waals surface area contributed by atoms with Crippen molar-refractivity contribution in [2.45, 2.75) is 25.9 Å². The van der Waals surface area contributed by atoms with Crippen LogP contribution in [-0.4, -0.2) is 29.9 Å². The van der Waals surface area contributed by atoms with E-state index in [2.05, 4.69) is 6.07 Å². The maximum Gasteiger partial charge on any atom is 0.243 e. The van der Waals surface area contributed by atoms with Crippen LogP contribution in [0.2, 0.25) is 0 Å². The number of hydrogen-bond donors (Lipinski definition) is 0. The average Bonchev–Trinajstić information content (AvgIpc) is 3.07. The van der Waals surface area contributed by atoms with Crippen LogP contribution in [0.3, 0.4) is 0 Å². The molecule has 1 aromatic carbocycles. The minimum atomic E-state index is -0.843. The van der Waals surface area contributed by atoms with E-state index in [4.69, 9.17) is 4.42 Å². The lowest BCUT2D eigenvalue weighted by Crippen LogP contribution is -2.48. The fourth-order valence-electron chi connectivity index (χ4n) is 2.12. The van der Waals surface area contributed by atoms with Crippen molar-refractivity contribution in [1.29, 1.82) is 5.26 Å². The van der Waals surface area contributed by atoms with Crippen molar-refractivity contribution in [1.82, 2.24) is 4.90 Å². The van der Waals surface area contributed by atoms with Crippen molar-refractivity contribution in [3.05, 3.63) is 54.5 Å². The predicted octanol–water partition coefficient (Wildman–Crippen LogP) is 3.05. The molecule has 0 aliphatic carbocycles. The van der Waals surface area contributed by atoms with Crippen LogP contribution in [0.25, 0.3) is 0 Å². The molecule has 120 valence electrons. The summed E-state index contributed by atoms with van der Waals surface area (Å²) < 4.78 is 5.40. The highest BCUT2D eigenvalue weighted by Crippen LogP contribution is 2.18. The van der Waals surface area contributed by atoms with Crippen LogP contribution in [-0.2, 0) is 11.3 Å². The van der Waals surface area contributed by atoms with E-state index in [0.717, 1.165) is 11.4 Å². The fourth-order valence-corrected chi connectivity index (χ4v) is 2.12. The molecule has 0 N–H and O–H groups in total. The molecule has 0 aliphatic heterocycles. The maximum absolute atomic E-state index is 12.6. The third-order valence-electron chi connectivity index (χ3n) is 3.86. The Morgan fingerprint density at radius 3 is 2.48 bits per heavy atom. The molecule has 0 bridgehead atoms. The number of hydrogen-bond acceptors (Lipinski definition) is 4. The SMILES string of the molecule is CN(C(=O)CN(Cc1ccco1)c1ccccc1)C(C)(C)C#N. The smallest absolute Gasteiger partial charge is 0.243 e. The lowest BCUT2D eigenvalue weighted by Gasteiger charge is -2.32. The Morgan fingerprint density at radius 1 is 1.22 bits per heavy atom. The normalized spacial score (nSPS) is 10.9. The minimum Gasteiger partial charge on any atom is -0.467 e. The summed E-state index contributed by atoms with van der Waals surface area (Å²) >= 11 is 0. The number of carbonyl (C=O) groups is 1. The summed E-state index contributed by atoms with van der Waals surface area (Å²) in [7, 11) is 1.65. The van der Waals surface area contributed by atoms with Gasteiger partial charge in [0, 0.05) is 12.7 Å². The molecule has 0 atom stereocenters. The number of para-hydroxylation sites is 1. The molecule has 1 aromatic heterocycles. The third-order valence-corrected chi connectivity index (χ3v) is 3.86. The maximum atomic E-state index is 12.6. The van der Waals surface area contributed by atoms with Gasteiger partial charge in [-0.2, -0.15) is 5.26 Å². The van der Waals surface area contributed by atoms with Gasteiger partial charge in [0.1, 0.15) is 11.3 Å². The van der Waals surface area contributed by atoms with Crippen molar-refractivity contribution < 1.29 is 9.21 Å². The molecule has 23 heavy (non-hydrogen) atoms. The molecule has 1 amide bonds. The highest BCUT2D eigenvalue weighted by molar-refractivity contribution is 5.82. The number of nitrogens with zero attached hydrogens (tertiary/aromatic N) is 3. The van der Waals surface area contributed by atoms with Gasteiger partial charge in [0.15, 0.2) is 0 Å². The monoisotopic (exact) mass is 311 g/mol. The molecule has 0 fully saturated rings. The van der Waals surface area contributed by atoms with Gasteiger partial charge >= 0.3 is 0 Å². The minimum absolute atomic E-state index is 0.119. The summed E-state index contributed by atoms with van der Waals surface area (Å²) in [6, 6.07) is 15.5. The molecule has 2 rings (SSSR count). The van der Waals surface area contributed by atoms with Gasteiger partial charge in [-0.15, -0.1) is 0 Å². The summed E-state index contributed by atoms with van der Waals surface area (Å²) in [5.74, 6) is 0.663.